The Bertz CT molecular complexity index is 2550. The first-order valence-corrected chi connectivity index (χ1v) is 36.3. The Labute approximate surface area is 592 Å². The predicted octanol–water partition coefficient (Wildman–Crippen LogP) is 7.52. The average molecular weight is 1410 g/mol. The molecule has 1 atom stereocenters. The third kappa shape index (κ3) is 48.2. The molecule has 1 aliphatic rings. The molecule has 3 N–H and O–H groups in total. The molecule has 0 radical (unpaired) electrons. The molecule has 2 heterocycles. The van der Waals surface area contributed by atoms with E-state index in [2.05, 4.69) is 20.4 Å². The minimum absolute atomic E-state index is 0.168. The maximum Gasteiger partial charge on any atom is 0.317 e. The summed E-state index contributed by atoms with van der Waals surface area (Å²) in [5, 5.41) is 44.0. The molecule has 4 rings (SSSR count). The van der Waals surface area contributed by atoms with Crippen molar-refractivity contribution in [1.82, 2.24) is 35.1 Å². The van der Waals surface area contributed by atoms with Crippen molar-refractivity contribution < 1.29 is 91.4 Å². The summed E-state index contributed by atoms with van der Waals surface area (Å²) in [5.74, 6) is -2.17. The summed E-state index contributed by atoms with van der Waals surface area (Å²) < 4.78 is 62.9. The predicted molar refractivity (Wildman–Crippen MR) is 376 cm³/mol. The van der Waals surface area contributed by atoms with Gasteiger partial charge in [-0.25, -0.2) is 0 Å². The second-order valence-corrected chi connectivity index (χ2v) is 25.1. The number of hydrogen-bond acceptors (Lipinski definition) is 24. The quantitative estimate of drug-likeness (QED) is 0.0363. The van der Waals surface area contributed by atoms with Crippen LogP contribution in [-0.2, 0) is 95.3 Å². The highest BCUT2D eigenvalue weighted by molar-refractivity contribution is 7.80. The van der Waals surface area contributed by atoms with Crippen molar-refractivity contribution in [2.24, 2.45) is 0 Å². The molecule has 0 aliphatic carbocycles. The lowest BCUT2D eigenvalue weighted by molar-refractivity contribution is -0.140. The molecule has 1 saturated heterocycles. The van der Waals surface area contributed by atoms with Crippen LogP contribution < -0.4 is 0 Å². The van der Waals surface area contributed by atoms with E-state index in [0.717, 1.165) is 104 Å². The van der Waals surface area contributed by atoms with E-state index < -0.39 is 17.9 Å². The number of carbonyl (C=O) groups is 5. The molecule has 0 bridgehead atoms. The maximum atomic E-state index is 12.4. The molecule has 3 aromatic rings. The van der Waals surface area contributed by atoms with Crippen molar-refractivity contribution in [3.63, 3.8) is 0 Å². The van der Waals surface area contributed by atoms with Crippen molar-refractivity contribution in [3.05, 3.63) is 71.5 Å². The van der Waals surface area contributed by atoms with Crippen LogP contribution in [0.25, 0.3) is 11.4 Å². The van der Waals surface area contributed by atoms with Crippen LogP contribution in [0.4, 0.5) is 0 Å². The Morgan fingerprint density at radius 1 is 0.384 bits per heavy atom. The van der Waals surface area contributed by atoms with Crippen molar-refractivity contribution in [2.45, 2.75) is 141 Å². The average Bonchev–Trinajstić information content (AvgIpc) is 2.07. The van der Waals surface area contributed by atoms with Gasteiger partial charge in [0.05, 0.1) is 19.6 Å². The lowest BCUT2D eigenvalue weighted by Gasteiger charge is -2.33. The zero-order chi connectivity index (χ0) is 70.7. The summed E-state index contributed by atoms with van der Waals surface area (Å²) in [7, 11) is 0. The molecule has 1 aliphatic heterocycles. The van der Waals surface area contributed by atoms with Gasteiger partial charge in [-0.05, 0) is 124 Å². The van der Waals surface area contributed by atoms with Gasteiger partial charge in [-0.2, -0.15) is 0 Å². The number of Topliss-reactive ketones (excluding diaryl/α,β-unsaturated/α-hetero) is 2. The van der Waals surface area contributed by atoms with Crippen LogP contribution in [0.1, 0.15) is 132 Å². The Hall–Kier alpha value is -5.34. The number of aliphatic carboxylic acids is 3. The van der Waals surface area contributed by atoms with Crippen LogP contribution >= 0.6 is 12.2 Å². The van der Waals surface area contributed by atoms with E-state index >= 15 is 0 Å². The number of carbonyl (C=O) groups excluding carboxylic acids is 2. The summed E-state index contributed by atoms with van der Waals surface area (Å²) in [6.07, 6.45) is 16.2. The second kappa shape index (κ2) is 59.2. The van der Waals surface area contributed by atoms with E-state index in [1.165, 1.54) is 6.33 Å². The second-order valence-electron chi connectivity index (χ2n) is 24.5. The van der Waals surface area contributed by atoms with Crippen LogP contribution in [-0.4, -0.2) is 289 Å². The molecule has 0 saturated carbocycles. The molecule has 0 amide bonds. The van der Waals surface area contributed by atoms with Gasteiger partial charge in [-0.3, -0.25) is 38.7 Å². The number of aromatic nitrogens is 4. The number of nitrogens with zero attached hydrogens (tertiary/aromatic N) is 7. The van der Waals surface area contributed by atoms with Gasteiger partial charge in [0.1, 0.15) is 11.6 Å². The summed E-state index contributed by atoms with van der Waals surface area (Å²) in [4.78, 5) is 65.9. The summed E-state index contributed by atoms with van der Waals surface area (Å²) in [6.45, 7) is 15.4. The third-order valence-corrected chi connectivity index (χ3v) is 16.2. The lowest BCUT2D eigenvalue weighted by atomic mass is 10.00. The Balaban J connectivity index is 0.775. The Morgan fingerprint density at radius 2 is 0.717 bits per heavy atom. The number of carboxylic acid groups (broad SMARTS) is 3. The first kappa shape index (κ1) is 86.1. The molecule has 2 aromatic carbocycles. The number of carboxylic acids is 3. The van der Waals surface area contributed by atoms with E-state index in [1.54, 1.807) is 9.80 Å². The number of ether oxygens (including phenoxy) is 11. The van der Waals surface area contributed by atoms with Crippen molar-refractivity contribution in [1.29, 1.82) is 0 Å². The topological polar surface area (TPSA) is 309 Å². The number of ketones is 2. The van der Waals surface area contributed by atoms with E-state index in [0.29, 0.717) is 242 Å². The van der Waals surface area contributed by atoms with Crippen molar-refractivity contribution in [3.8, 4) is 11.4 Å². The fourth-order valence-electron chi connectivity index (χ4n) is 10.6. The molecule has 558 valence electrons. The van der Waals surface area contributed by atoms with Crippen molar-refractivity contribution in [2.75, 3.05) is 198 Å². The zero-order valence-electron chi connectivity index (χ0n) is 58.7. The van der Waals surface area contributed by atoms with Gasteiger partial charge in [-0.15, -0.1) is 20.4 Å². The lowest BCUT2D eigenvalue weighted by Crippen LogP contribution is -2.49. The number of benzene rings is 2. The van der Waals surface area contributed by atoms with Crippen LogP contribution in [0.2, 0.25) is 0 Å². The van der Waals surface area contributed by atoms with Gasteiger partial charge < -0.3 is 67.4 Å². The smallest absolute Gasteiger partial charge is 0.317 e. The zero-order valence-corrected chi connectivity index (χ0v) is 59.6. The molecular formula is C72H115N7O19S. The van der Waals surface area contributed by atoms with Gasteiger partial charge in [0, 0.05) is 222 Å². The van der Waals surface area contributed by atoms with Gasteiger partial charge in [0.25, 0.3) is 0 Å². The van der Waals surface area contributed by atoms with Gasteiger partial charge >= 0.3 is 17.9 Å². The highest BCUT2D eigenvalue weighted by atomic mass is 32.1. The fourth-order valence-corrected chi connectivity index (χ4v) is 11.0. The maximum absolute atomic E-state index is 12.4. The molecule has 0 spiro atoms. The van der Waals surface area contributed by atoms with Crippen LogP contribution in [0.3, 0.4) is 0 Å². The number of aryl methyl sites for hydroxylation is 1. The summed E-state index contributed by atoms with van der Waals surface area (Å²) in [6, 6.07) is 15.5. The van der Waals surface area contributed by atoms with Gasteiger partial charge in [0.15, 0.2) is 6.33 Å². The minimum atomic E-state index is -0.996. The van der Waals surface area contributed by atoms with E-state index in [-0.39, 0.29) is 37.2 Å². The largest absolute Gasteiger partial charge is 0.480 e. The van der Waals surface area contributed by atoms with E-state index in [4.69, 9.17) is 64.3 Å². The SMILES string of the molecule is O=C(O)CN1CCN(CC(=O)O)CC(Cc2ccc(CC(=S)CCCOCCCOCCCOCCCOCCCOCCCOCCCOCCCOCCCOCCCOCCCOCCCC(=O)CCCC(=O)CCc3ccc(-c4nncnn4)cc3)cc2)N(CC(=O)O)CC1. The van der Waals surface area contributed by atoms with E-state index in [1.807, 2.05) is 53.4 Å². The molecule has 99 heavy (non-hydrogen) atoms. The standard InChI is InChI=1S/C72H115N7O19S/c80-66(14-1-15-67(81)27-24-61-22-25-64(26-23-61)72-75-73-60-74-76-72)16-2-32-88-34-4-36-90-38-6-40-92-42-8-44-94-46-10-48-96-50-12-52-98-53-13-51-97-49-11-47-95-45-9-43-93-41-7-39-91-37-5-35-89-33-3-17-68(99)55-63-20-18-62(19-21-63)54-65-56-78(58-70(84)85)29-28-77(57-69(82)83)30-31-79(65)59-71(86)87/h18-23,25-26,60,65H,1-17,24,27-59H2,(H,82,83)(H,84,85)(H,86,87). The molecule has 1 unspecified atom stereocenters. The molecule has 26 nitrogen and oxygen atoms in total. The molecule has 27 heteroatoms. The van der Waals surface area contributed by atoms with E-state index in [9.17, 15) is 39.3 Å². The first-order chi connectivity index (χ1) is 48.4. The van der Waals surface area contributed by atoms with Crippen LogP contribution in [0.15, 0.2) is 54.9 Å². The van der Waals surface area contributed by atoms with Crippen LogP contribution in [0, 0.1) is 0 Å². The highest BCUT2D eigenvalue weighted by Gasteiger charge is 2.28. The fraction of sp³-hybridized carbons (Fsp3) is 0.722. The Morgan fingerprint density at radius 3 is 1.13 bits per heavy atom. The number of rotatable bonds is 66. The van der Waals surface area contributed by atoms with Gasteiger partial charge in [0.2, 0.25) is 5.82 Å². The molecule has 1 aromatic heterocycles. The monoisotopic (exact) mass is 1410 g/mol. The van der Waals surface area contributed by atoms with Gasteiger partial charge in [-0.1, -0.05) is 60.7 Å². The summed E-state index contributed by atoms with van der Waals surface area (Å²) in [5.41, 5.74) is 3.96. The van der Waals surface area contributed by atoms with Crippen molar-refractivity contribution >= 4 is 46.6 Å². The summed E-state index contributed by atoms with van der Waals surface area (Å²) >= 11 is 5.69. The highest BCUT2D eigenvalue weighted by Crippen LogP contribution is 2.18. The number of thiocarbonyl (C=S) groups is 1. The molecular weight excluding hydrogens is 1300 g/mol. The normalized spacial score (nSPS) is 14.1. The first-order valence-electron chi connectivity index (χ1n) is 35.8. The molecule has 1 fully saturated rings. The van der Waals surface area contributed by atoms with Crippen LogP contribution in [0.5, 0.6) is 0 Å². The number of hydrogen-bond donors (Lipinski definition) is 3. The minimum Gasteiger partial charge on any atom is -0.480 e. The Kier molecular flexibility index (Phi) is 51.5. The third-order valence-electron chi connectivity index (χ3n) is 15.9.